The normalized spacial score (nSPS) is 11.0. The number of halogens is 1. The van der Waals surface area contributed by atoms with E-state index in [0.29, 0.717) is 24.6 Å². The summed E-state index contributed by atoms with van der Waals surface area (Å²) >= 11 is 0. The summed E-state index contributed by atoms with van der Waals surface area (Å²) in [6.45, 7) is 3.73. The Kier molecular flexibility index (Phi) is 8.18. The summed E-state index contributed by atoms with van der Waals surface area (Å²) < 4.78 is 6.64. The number of rotatable bonds is 6. The molecule has 1 aromatic carbocycles. The van der Waals surface area contributed by atoms with Gasteiger partial charge in [0.15, 0.2) is 17.4 Å². The lowest BCUT2D eigenvalue weighted by Gasteiger charge is -2.10. The molecule has 0 saturated heterocycles. The number of guanidine groups is 1. The fraction of sp³-hybridized carbons (Fsp3) is 0.263. The molecule has 28 heavy (non-hydrogen) atoms. The average Bonchev–Trinajstić information content (AvgIpc) is 3.13. The number of nitrogens with zero attached hydrogens (tertiary/aromatic N) is 4. The number of benzene rings is 1. The Morgan fingerprint density at radius 1 is 1.14 bits per heavy atom. The van der Waals surface area contributed by atoms with Crippen LogP contribution in [0.1, 0.15) is 28.7 Å². The molecule has 2 N–H and O–H groups in total. The fourth-order valence-corrected chi connectivity index (χ4v) is 2.55. The van der Waals surface area contributed by atoms with Gasteiger partial charge in [-0.2, -0.15) is 0 Å². The molecule has 0 aliphatic heterocycles. The number of esters is 1. The van der Waals surface area contributed by atoms with Gasteiger partial charge in [-0.1, -0.05) is 18.2 Å². The maximum atomic E-state index is 11.5. The zero-order valence-corrected chi connectivity index (χ0v) is 18.1. The van der Waals surface area contributed by atoms with Crippen molar-refractivity contribution in [1.82, 2.24) is 25.2 Å². The van der Waals surface area contributed by atoms with E-state index in [4.69, 9.17) is 4.74 Å². The molecule has 0 atom stereocenters. The van der Waals surface area contributed by atoms with E-state index in [1.807, 2.05) is 47.9 Å². The molecule has 0 fully saturated rings. The Hall–Kier alpha value is -2.69. The van der Waals surface area contributed by atoms with Gasteiger partial charge in [-0.3, -0.25) is 4.40 Å². The number of hydrogen-bond acceptors (Lipinski definition) is 5. The molecule has 0 saturated carbocycles. The Balaban J connectivity index is 0.00000280. The summed E-state index contributed by atoms with van der Waals surface area (Å²) in [4.78, 5) is 16.1. The number of pyridine rings is 1. The molecule has 0 aliphatic rings. The molecule has 148 valence electrons. The van der Waals surface area contributed by atoms with E-state index in [1.165, 1.54) is 7.11 Å². The standard InChI is InChI=1S/C19H22N6O2.HI/c1-3-20-19(21-12-14-7-9-15(10-8-14)18(26)27-2)22-13-17-24-23-16-6-4-5-11-25(16)17;/h4-11H,3,12-13H2,1-2H3,(H2,20,21,22);1H. The van der Waals surface area contributed by atoms with Crippen LogP contribution in [0.15, 0.2) is 53.7 Å². The number of fused-ring (bicyclic) bond motifs is 1. The third-order valence-corrected chi connectivity index (χ3v) is 3.94. The van der Waals surface area contributed by atoms with Crippen molar-refractivity contribution in [3.05, 3.63) is 65.6 Å². The average molecular weight is 494 g/mol. The van der Waals surface area contributed by atoms with Crippen LogP contribution in [0.5, 0.6) is 0 Å². The Labute approximate surface area is 180 Å². The van der Waals surface area contributed by atoms with Crippen molar-refractivity contribution in [3.8, 4) is 0 Å². The van der Waals surface area contributed by atoms with E-state index in [-0.39, 0.29) is 29.9 Å². The van der Waals surface area contributed by atoms with Crippen LogP contribution in [-0.2, 0) is 17.8 Å². The predicted octanol–water partition coefficient (Wildman–Crippen LogP) is 2.39. The summed E-state index contributed by atoms with van der Waals surface area (Å²) in [7, 11) is 1.37. The third-order valence-electron chi connectivity index (χ3n) is 3.94. The first-order valence-electron chi connectivity index (χ1n) is 8.69. The van der Waals surface area contributed by atoms with Crippen molar-refractivity contribution >= 4 is 41.6 Å². The largest absolute Gasteiger partial charge is 0.465 e. The molecule has 0 amide bonds. The molecular formula is C19H23IN6O2. The van der Waals surface area contributed by atoms with Crippen molar-refractivity contribution in [2.75, 3.05) is 13.7 Å². The van der Waals surface area contributed by atoms with Gasteiger partial charge in [0.2, 0.25) is 0 Å². The minimum absolute atomic E-state index is 0. The van der Waals surface area contributed by atoms with Gasteiger partial charge in [0.25, 0.3) is 0 Å². The van der Waals surface area contributed by atoms with Gasteiger partial charge in [0.05, 0.1) is 25.8 Å². The molecule has 9 heteroatoms. The summed E-state index contributed by atoms with van der Waals surface area (Å²) in [6, 6.07) is 13.0. The maximum Gasteiger partial charge on any atom is 0.337 e. The second-order valence-electron chi connectivity index (χ2n) is 5.78. The summed E-state index contributed by atoms with van der Waals surface area (Å²) in [5.74, 6) is 1.14. The van der Waals surface area contributed by atoms with Crippen LogP contribution in [0.2, 0.25) is 0 Å². The molecule has 0 spiro atoms. The van der Waals surface area contributed by atoms with E-state index in [2.05, 4.69) is 25.8 Å². The van der Waals surface area contributed by atoms with Gasteiger partial charge in [0.1, 0.15) is 0 Å². The highest BCUT2D eigenvalue weighted by atomic mass is 127. The van der Waals surface area contributed by atoms with E-state index < -0.39 is 0 Å². The van der Waals surface area contributed by atoms with Crippen LogP contribution in [0.3, 0.4) is 0 Å². The quantitative estimate of drug-likeness (QED) is 0.237. The predicted molar refractivity (Wildman–Crippen MR) is 118 cm³/mol. The van der Waals surface area contributed by atoms with E-state index in [9.17, 15) is 4.79 Å². The number of carbonyl (C=O) groups excluding carboxylic acids is 1. The van der Waals surface area contributed by atoms with Crippen LogP contribution in [-0.4, -0.2) is 40.2 Å². The molecule has 0 bridgehead atoms. The summed E-state index contributed by atoms with van der Waals surface area (Å²) in [5, 5.41) is 14.8. The van der Waals surface area contributed by atoms with Gasteiger partial charge in [-0.15, -0.1) is 34.2 Å². The van der Waals surface area contributed by atoms with Crippen molar-refractivity contribution in [2.45, 2.75) is 20.0 Å². The van der Waals surface area contributed by atoms with Gasteiger partial charge < -0.3 is 15.4 Å². The second kappa shape index (κ2) is 10.6. The fourth-order valence-electron chi connectivity index (χ4n) is 2.55. The van der Waals surface area contributed by atoms with Gasteiger partial charge >= 0.3 is 5.97 Å². The third kappa shape index (κ3) is 5.41. The topological polar surface area (TPSA) is 92.9 Å². The molecule has 0 aliphatic carbocycles. The number of carbonyl (C=O) groups is 1. The number of aliphatic imine (C=N–C) groups is 1. The Bertz CT molecular complexity index is 939. The van der Waals surface area contributed by atoms with E-state index in [0.717, 1.165) is 23.6 Å². The molecule has 8 nitrogen and oxygen atoms in total. The Morgan fingerprint density at radius 2 is 1.93 bits per heavy atom. The van der Waals surface area contributed by atoms with Crippen molar-refractivity contribution in [1.29, 1.82) is 0 Å². The van der Waals surface area contributed by atoms with Crippen LogP contribution in [0.4, 0.5) is 0 Å². The second-order valence-corrected chi connectivity index (χ2v) is 5.78. The van der Waals surface area contributed by atoms with Gasteiger partial charge in [0, 0.05) is 12.7 Å². The zero-order valence-electron chi connectivity index (χ0n) is 15.8. The highest BCUT2D eigenvalue weighted by molar-refractivity contribution is 14.0. The monoisotopic (exact) mass is 494 g/mol. The van der Waals surface area contributed by atoms with E-state index in [1.54, 1.807) is 12.1 Å². The molecule has 0 unspecified atom stereocenters. The number of hydrogen-bond donors (Lipinski definition) is 2. The molecule has 3 rings (SSSR count). The molecule has 2 heterocycles. The van der Waals surface area contributed by atoms with Crippen molar-refractivity contribution in [2.24, 2.45) is 4.99 Å². The SMILES string of the molecule is CCNC(=NCc1ccc(C(=O)OC)cc1)NCc1nnc2ccccn12.I. The van der Waals surface area contributed by atoms with Crippen molar-refractivity contribution < 1.29 is 9.53 Å². The van der Waals surface area contributed by atoms with Crippen LogP contribution >= 0.6 is 24.0 Å². The maximum absolute atomic E-state index is 11.5. The first-order chi connectivity index (χ1) is 13.2. The number of methoxy groups -OCH3 is 1. The number of nitrogens with one attached hydrogen (secondary N) is 2. The first kappa shape index (κ1) is 21.6. The number of ether oxygens (including phenoxy) is 1. The zero-order chi connectivity index (χ0) is 19.1. The Morgan fingerprint density at radius 3 is 2.64 bits per heavy atom. The van der Waals surface area contributed by atoms with Crippen LogP contribution in [0.25, 0.3) is 5.65 Å². The highest BCUT2D eigenvalue weighted by Gasteiger charge is 2.06. The lowest BCUT2D eigenvalue weighted by atomic mass is 10.1. The first-order valence-corrected chi connectivity index (χ1v) is 8.69. The number of aromatic nitrogens is 3. The lowest BCUT2D eigenvalue weighted by Crippen LogP contribution is -2.37. The van der Waals surface area contributed by atoms with E-state index >= 15 is 0 Å². The minimum Gasteiger partial charge on any atom is -0.465 e. The molecular weight excluding hydrogens is 471 g/mol. The highest BCUT2D eigenvalue weighted by Crippen LogP contribution is 2.07. The lowest BCUT2D eigenvalue weighted by molar-refractivity contribution is 0.0600. The van der Waals surface area contributed by atoms with Gasteiger partial charge in [-0.05, 0) is 36.8 Å². The van der Waals surface area contributed by atoms with Crippen LogP contribution < -0.4 is 10.6 Å². The summed E-state index contributed by atoms with van der Waals surface area (Å²) in [6.07, 6.45) is 1.93. The molecule has 2 aromatic heterocycles. The smallest absolute Gasteiger partial charge is 0.337 e. The molecule has 0 radical (unpaired) electrons. The summed E-state index contributed by atoms with van der Waals surface area (Å²) in [5.41, 5.74) is 2.32. The minimum atomic E-state index is -0.347. The van der Waals surface area contributed by atoms with Crippen LogP contribution in [0, 0.1) is 0 Å². The molecule has 3 aromatic rings. The van der Waals surface area contributed by atoms with Gasteiger partial charge in [-0.25, -0.2) is 9.79 Å². The van der Waals surface area contributed by atoms with Crippen molar-refractivity contribution in [3.63, 3.8) is 0 Å².